The summed E-state index contributed by atoms with van der Waals surface area (Å²) < 4.78 is 12.7. The summed E-state index contributed by atoms with van der Waals surface area (Å²) in [5.41, 5.74) is 5.68. The number of pyridine rings is 1. The molecule has 0 saturated heterocycles. The van der Waals surface area contributed by atoms with Crippen LogP contribution in [0, 0.1) is 12.7 Å². The number of anilines is 1. The Morgan fingerprint density at radius 2 is 2.30 bits per heavy atom. The van der Waals surface area contributed by atoms with Gasteiger partial charge < -0.3 is 5.73 Å². The first-order valence-electron chi connectivity index (χ1n) is 2.69. The van der Waals surface area contributed by atoms with Crippen molar-refractivity contribution in [2.24, 2.45) is 0 Å². The van der Waals surface area contributed by atoms with Gasteiger partial charge in [0, 0.05) is 0 Å². The van der Waals surface area contributed by atoms with E-state index in [1.807, 2.05) is 0 Å². The second kappa shape index (κ2) is 2.42. The van der Waals surface area contributed by atoms with E-state index in [0.29, 0.717) is 5.56 Å². The minimum absolute atomic E-state index is 0.169. The molecule has 0 aliphatic rings. The van der Waals surface area contributed by atoms with Gasteiger partial charge in [0.05, 0.1) is 0 Å². The quantitative estimate of drug-likeness (QED) is 0.588. The molecule has 2 nitrogen and oxygen atoms in total. The van der Waals surface area contributed by atoms with Crippen molar-refractivity contribution in [2.45, 2.75) is 6.92 Å². The molecule has 0 aliphatic carbocycles. The first kappa shape index (κ1) is 7.28. The third kappa shape index (κ3) is 1.19. The van der Waals surface area contributed by atoms with E-state index < -0.39 is 5.82 Å². The number of aromatic nitrogens is 1. The highest BCUT2D eigenvalue weighted by atomic mass is 35.5. The zero-order valence-corrected chi connectivity index (χ0v) is 6.11. The lowest BCUT2D eigenvalue weighted by Gasteiger charge is -1.98. The Morgan fingerprint density at radius 1 is 1.70 bits per heavy atom. The fourth-order valence-corrected chi connectivity index (χ4v) is 0.889. The molecule has 4 heteroatoms. The highest BCUT2D eigenvalue weighted by Gasteiger charge is 2.04. The minimum atomic E-state index is -0.504. The zero-order valence-electron chi connectivity index (χ0n) is 5.36. The molecule has 1 aromatic rings. The Bertz CT molecular complexity index is 239. The Morgan fingerprint density at radius 3 is 2.80 bits per heavy atom. The average molecular weight is 161 g/mol. The molecular weight excluding hydrogens is 155 g/mol. The van der Waals surface area contributed by atoms with Crippen LogP contribution < -0.4 is 5.73 Å². The number of halogens is 2. The molecule has 0 saturated carbocycles. The van der Waals surface area contributed by atoms with Gasteiger partial charge in [-0.25, -0.2) is 9.37 Å². The van der Waals surface area contributed by atoms with Crippen LogP contribution in [0.4, 0.5) is 10.2 Å². The van der Waals surface area contributed by atoms with Crippen LogP contribution in [0.2, 0.25) is 5.15 Å². The molecule has 0 radical (unpaired) electrons. The Hall–Kier alpha value is -0.830. The number of rotatable bonds is 0. The number of nitrogens with zero attached hydrogens (tertiary/aromatic N) is 1. The normalized spacial score (nSPS) is 9.90. The van der Waals surface area contributed by atoms with E-state index in [0.717, 1.165) is 0 Å². The number of nitrogens with two attached hydrogens (primary N) is 1. The zero-order chi connectivity index (χ0) is 7.72. The van der Waals surface area contributed by atoms with Gasteiger partial charge in [-0.05, 0) is 18.6 Å². The van der Waals surface area contributed by atoms with E-state index >= 15 is 0 Å². The molecule has 1 rings (SSSR count). The minimum Gasteiger partial charge on any atom is -0.384 e. The van der Waals surface area contributed by atoms with Crippen molar-refractivity contribution >= 4 is 17.4 Å². The summed E-state index contributed by atoms with van der Waals surface area (Å²) in [4.78, 5) is 3.50. The van der Waals surface area contributed by atoms with Crippen LogP contribution in [-0.2, 0) is 0 Å². The molecule has 0 aromatic carbocycles. The van der Waals surface area contributed by atoms with Crippen LogP contribution >= 0.6 is 11.6 Å². The first-order valence-corrected chi connectivity index (χ1v) is 3.07. The van der Waals surface area contributed by atoms with Gasteiger partial charge in [-0.3, -0.25) is 0 Å². The predicted molar refractivity (Wildman–Crippen MR) is 38.4 cm³/mol. The van der Waals surface area contributed by atoms with Gasteiger partial charge in [-0.15, -0.1) is 0 Å². The summed E-state index contributed by atoms with van der Waals surface area (Å²) in [6.45, 7) is 1.58. The molecule has 10 heavy (non-hydrogen) atoms. The summed E-state index contributed by atoms with van der Waals surface area (Å²) in [5, 5.41) is -0.169. The van der Waals surface area contributed by atoms with E-state index in [1.54, 1.807) is 6.92 Å². The highest BCUT2D eigenvalue weighted by Crippen LogP contribution is 2.16. The Labute approximate surface area is 62.8 Å². The summed E-state index contributed by atoms with van der Waals surface area (Å²) in [5.74, 6) is -0.264. The fourth-order valence-electron chi connectivity index (χ4n) is 0.643. The van der Waals surface area contributed by atoms with Crippen LogP contribution in [0.3, 0.4) is 0 Å². The van der Waals surface area contributed by atoms with Crippen molar-refractivity contribution < 1.29 is 4.39 Å². The van der Waals surface area contributed by atoms with Gasteiger partial charge >= 0.3 is 0 Å². The Balaban J connectivity index is 3.31. The van der Waals surface area contributed by atoms with E-state index in [9.17, 15) is 4.39 Å². The van der Waals surface area contributed by atoms with Gasteiger partial charge in [0.2, 0.25) is 0 Å². The SMILES string of the molecule is Cc1cc(N)nc(Cl)c1F. The molecule has 0 spiro atoms. The molecule has 0 amide bonds. The monoisotopic (exact) mass is 160 g/mol. The number of nitrogen functional groups attached to an aromatic ring is 1. The van der Waals surface area contributed by atoms with Crippen LogP contribution in [0.1, 0.15) is 5.56 Å². The molecule has 2 N–H and O–H groups in total. The standard InChI is InChI=1S/C6H6ClFN2/c1-3-2-4(9)10-6(7)5(3)8/h2H,1H3,(H2,9,10). The molecule has 0 bridgehead atoms. The van der Waals surface area contributed by atoms with E-state index in [-0.39, 0.29) is 11.0 Å². The second-order valence-corrected chi connectivity index (χ2v) is 2.33. The molecular formula is C6H6ClFN2. The number of hydrogen-bond acceptors (Lipinski definition) is 2. The van der Waals surface area contributed by atoms with Gasteiger partial charge in [0.25, 0.3) is 0 Å². The van der Waals surface area contributed by atoms with Crippen molar-refractivity contribution in [1.82, 2.24) is 4.98 Å². The number of aryl methyl sites for hydroxylation is 1. The topological polar surface area (TPSA) is 38.9 Å². The molecule has 0 atom stereocenters. The fraction of sp³-hybridized carbons (Fsp3) is 0.167. The molecule has 0 fully saturated rings. The van der Waals surface area contributed by atoms with Gasteiger partial charge in [-0.2, -0.15) is 0 Å². The highest BCUT2D eigenvalue weighted by molar-refractivity contribution is 6.29. The van der Waals surface area contributed by atoms with E-state index in [2.05, 4.69) is 4.98 Å². The summed E-state index contributed by atoms with van der Waals surface area (Å²) in [7, 11) is 0. The lowest BCUT2D eigenvalue weighted by Crippen LogP contribution is -1.94. The Kier molecular flexibility index (Phi) is 1.76. The van der Waals surface area contributed by atoms with Crippen LogP contribution in [0.25, 0.3) is 0 Å². The second-order valence-electron chi connectivity index (χ2n) is 1.97. The predicted octanol–water partition coefficient (Wildman–Crippen LogP) is 1.76. The van der Waals surface area contributed by atoms with Crippen molar-refractivity contribution in [2.75, 3.05) is 5.73 Å². The third-order valence-electron chi connectivity index (χ3n) is 1.12. The van der Waals surface area contributed by atoms with Crippen molar-refractivity contribution in [3.05, 3.63) is 22.6 Å². The summed E-state index contributed by atoms with van der Waals surface area (Å²) in [6.07, 6.45) is 0. The van der Waals surface area contributed by atoms with Gasteiger partial charge in [0.1, 0.15) is 5.82 Å². The molecule has 54 valence electrons. The van der Waals surface area contributed by atoms with Crippen LogP contribution in [0.15, 0.2) is 6.07 Å². The van der Waals surface area contributed by atoms with Gasteiger partial charge in [-0.1, -0.05) is 11.6 Å². The van der Waals surface area contributed by atoms with Crippen molar-refractivity contribution in [1.29, 1.82) is 0 Å². The average Bonchev–Trinajstić information content (AvgIpc) is 1.82. The summed E-state index contributed by atoms with van der Waals surface area (Å²) in [6, 6.07) is 1.43. The molecule has 1 heterocycles. The van der Waals surface area contributed by atoms with Crippen LogP contribution in [0.5, 0.6) is 0 Å². The molecule has 1 aromatic heterocycles. The van der Waals surface area contributed by atoms with E-state index in [1.165, 1.54) is 6.07 Å². The maximum Gasteiger partial charge on any atom is 0.167 e. The van der Waals surface area contributed by atoms with E-state index in [4.69, 9.17) is 17.3 Å². The van der Waals surface area contributed by atoms with Crippen molar-refractivity contribution in [3.63, 3.8) is 0 Å². The molecule has 0 unspecified atom stereocenters. The smallest absolute Gasteiger partial charge is 0.167 e. The lowest BCUT2D eigenvalue weighted by atomic mass is 10.3. The van der Waals surface area contributed by atoms with Crippen LogP contribution in [-0.4, -0.2) is 4.98 Å². The molecule has 0 aliphatic heterocycles. The summed E-state index contributed by atoms with van der Waals surface area (Å²) >= 11 is 5.35. The number of hydrogen-bond donors (Lipinski definition) is 1. The lowest BCUT2D eigenvalue weighted by molar-refractivity contribution is 0.613. The largest absolute Gasteiger partial charge is 0.384 e. The van der Waals surface area contributed by atoms with Crippen molar-refractivity contribution in [3.8, 4) is 0 Å². The first-order chi connectivity index (χ1) is 4.61. The van der Waals surface area contributed by atoms with Gasteiger partial charge in [0.15, 0.2) is 11.0 Å². The maximum atomic E-state index is 12.7. The maximum absolute atomic E-state index is 12.7. The third-order valence-corrected chi connectivity index (χ3v) is 1.37.